The molecule has 0 amide bonds. The molecule has 0 heterocycles. The zero-order chi connectivity index (χ0) is 11.6. The van der Waals surface area contributed by atoms with Gasteiger partial charge < -0.3 is 15.6 Å². The topological polar surface area (TPSA) is 72.5 Å². The Morgan fingerprint density at radius 2 is 2.20 bits per heavy atom. The van der Waals surface area contributed by atoms with E-state index < -0.39 is 17.6 Å². The Hall–Kier alpha value is -1.62. The number of phenols is 1. The summed E-state index contributed by atoms with van der Waals surface area (Å²) in [6, 6.07) is 1.17. The number of benzene rings is 1. The van der Waals surface area contributed by atoms with E-state index in [4.69, 9.17) is 5.73 Å². The minimum absolute atomic E-state index is 0.117. The third-order valence-corrected chi connectivity index (χ3v) is 1.95. The third kappa shape index (κ3) is 2.24. The van der Waals surface area contributed by atoms with Crippen LogP contribution in [0.1, 0.15) is 17.3 Å². The van der Waals surface area contributed by atoms with Crippen LogP contribution in [0.2, 0.25) is 0 Å². The van der Waals surface area contributed by atoms with Crippen molar-refractivity contribution in [2.24, 2.45) is 5.73 Å². The van der Waals surface area contributed by atoms with E-state index in [2.05, 4.69) is 4.74 Å². The number of hydrogen-bond donors (Lipinski definition) is 2. The number of phenolic OH excluding ortho intramolecular Hbond substituents is 1. The molecule has 0 fully saturated rings. The van der Waals surface area contributed by atoms with Gasteiger partial charge in [-0.2, -0.15) is 0 Å². The normalized spacial score (nSPS) is 12.3. The minimum Gasteiger partial charge on any atom is -0.507 e. The average Bonchev–Trinajstić information content (AvgIpc) is 2.19. The van der Waals surface area contributed by atoms with Crippen LogP contribution in [0.5, 0.6) is 11.5 Å². The standard InChI is InChI=1S/C10H12FNO3/c1-5(12)10(14)6-3-7(11)9(15-2)4-8(6)13/h3-5,13H,12H2,1-2H3. The molecule has 0 aliphatic rings. The second-order valence-electron chi connectivity index (χ2n) is 3.16. The molecule has 0 aliphatic carbocycles. The quantitative estimate of drug-likeness (QED) is 0.736. The van der Waals surface area contributed by atoms with Crippen molar-refractivity contribution >= 4 is 5.78 Å². The number of halogens is 1. The Labute approximate surface area is 86.5 Å². The van der Waals surface area contributed by atoms with E-state index in [1.165, 1.54) is 14.0 Å². The SMILES string of the molecule is COc1cc(O)c(C(=O)C(C)N)cc1F. The van der Waals surface area contributed by atoms with Gasteiger partial charge in [0.15, 0.2) is 17.3 Å². The van der Waals surface area contributed by atoms with Crippen LogP contribution in [-0.2, 0) is 0 Å². The highest BCUT2D eigenvalue weighted by Gasteiger charge is 2.18. The molecule has 1 atom stereocenters. The number of aromatic hydroxyl groups is 1. The summed E-state index contributed by atoms with van der Waals surface area (Å²) in [5, 5.41) is 9.44. The first-order chi connectivity index (χ1) is 6.97. The maximum Gasteiger partial charge on any atom is 0.183 e. The molecule has 0 radical (unpaired) electrons. The maximum absolute atomic E-state index is 13.2. The summed E-state index contributed by atoms with van der Waals surface area (Å²) in [5.41, 5.74) is 5.21. The number of Topliss-reactive ketones (excluding diaryl/α,β-unsaturated/α-hetero) is 1. The zero-order valence-electron chi connectivity index (χ0n) is 8.45. The molecule has 1 aromatic carbocycles. The Bertz CT molecular complexity index is 390. The lowest BCUT2D eigenvalue weighted by Gasteiger charge is -2.09. The van der Waals surface area contributed by atoms with Crippen molar-refractivity contribution in [1.29, 1.82) is 0 Å². The first-order valence-corrected chi connectivity index (χ1v) is 4.33. The highest BCUT2D eigenvalue weighted by atomic mass is 19.1. The molecule has 1 rings (SSSR count). The van der Waals surface area contributed by atoms with Gasteiger partial charge in [0.1, 0.15) is 5.75 Å². The molecule has 3 N–H and O–H groups in total. The highest BCUT2D eigenvalue weighted by molar-refractivity contribution is 6.02. The molecule has 4 nitrogen and oxygen atoms in total. The van der Waals surface area contributed by atoms with Gasteiger partial charge in [-0.15, -0.1) is 0 Å². The van der Waals surface area contributed by atoms with Crippen molar-refractivity contribution in [2.75, 3.05) is 7.11 Å². The molecule has 0 saturated carbocycles. The summed E-state index contributed by atoms with van der Waals surface area (Å²) < 4.78 is 17.9. The Balaban J connectivity index is 3.22. The van der Waals surface area contributed by atoms with E-state index in [-0.39, 0.29) is 17.1 Å². The van der Waals surface area contributed by atoms with Crippen LogP contribution in [-0.4, -0.2) is 24.0 Å². The van der Waals surface area contributed by atoms with Gasteiger partial charge in [-0.25, -0.2) is 4.39 Å². The van der Waals surface area contributed by atoms with Gasteiger partial charge in [0.05, 0.1) is 18.7 Å². The lowest BCUT2D eigenvalue weighted by Crippen LogP contribution is -2.26. The molecule has 15 heavy (non-hydrogen) atoms. The van der Waals surface area contributed by atoms with Crippen LogP contribution < -0.4 is 10.5 Å². The lowest BCUT2D eigenvalue weighted by atomic mass is 10.0. The largest absolute Gasteiger partial charge is 0.507 e. The third-order valence-electron chi connectivity index (χ3n) is 1.95. The van der Waals surface area contributed by atoms with E-state index in [1.807, 2.05) is 0 Å². The molecule has 0 spiro atoms. The number of carbonyl (C=O) groups excluding carboxylic acids is 1. The van der Waals surface area contributed by atoms with Gasteiger partial charge in [-0.1, -0.05) is 0 Å². The Kier molecular flexibility index (Phi) is 3.26. The monoisotopic (exact) mass is 213 g/mol. The van der Waals surface area contributed by atoms with Gasteiger partial charge in [-0.3, -0.25) is 4.79 Å². The first-order valence-electron chi connectivity index (χ1n) is 4.33. The summed E-state index contributed by atoms with van der Waals surface area (Å²) in [7, 11) is 1.27. The van der Waals surface area contributed by atoms with Gasteiger partial charge >= 0.3 is 0 Å². The fraction of sp³-hybridized carbons (Fsp3) is 0.300. The van der Waals surface area contributed by atoms with Crippen LogP contribution in [0.4, 0.5) is 4.39 Å². The van der Waals surface area contributed by atoms with E-state index in [1.54, 1.807) is 0 Å². The van der Waals surface area contributed by atoms with Crippen LogP contribution >= 0.6 is 0 Å². The highest BCUT2D eigenvalue weighted by Crippen LogP contribution is 2.27. The number of ketones is 1. The van der Waals surface area contributed by atoms with Crippen LogP contribution in [0, 0.1) is 5.82 Å². The summed E-state index contributed by atoms with van der Waals surface area (Å²) >= 11 is 0. The molecule has 0 saturated heterocycles. The van der Waals surface area contributed by atoms with Crippen LogP contribution in [0.15, 0.2) is 12.1 Å². The zero-order valence-corrected chi connectivity index (χ0v) is 8.45. The summed E-state index contributed by atoms with van der Waals surface area (Å²) in [5.74, 6) is -1.68. The molecule has 0 aliphatic heterocycles. The number of ether oxygens (including phenoxy) is 1. The fourth-order valence-corrected chi connectivity index (χ4v) is 1.14. The summed E-state index contributed by atoms with van der Waals surface area (Å²) in [6.07, 6.45) is 0. The Morgan fingerprint density at radius 1 is 1.60 bits per heavy atom. The number of carbonyl (C=O) groups is 1. The molecule has 5 heteroatoms. The Morgan fingerprint density at radius 3 is 2.67 bits per heavy atom. The molecular formula is C10H12FNO3. The number of nitrogens with two attached hydrogens (primary N) is 1. The minimum atomic E-state index is -0.788. The molecule has 82 valence electrons. The second kappa shape index (κ2) is 4.27. The van der Waals surface area contributed by atoms with Crippen molar-refractivity contribution in [2.45, 2.75) is 13.0 Å². The van der Waals surface area contributed by atoms with Crippen molar-refractivity contribution < 1.29 is 19.0 Å². The molecule has 0 bridgehead atoms. The van der Waals surface area contributed by atoms with Gasteiger partial charge in [0.2, 0.25) is 0 Å². The number of methoxy groups -OCH3 is 1. The van der Waals surface area contributed by atoms with Crippen molar-refractivity contribution in [3.8, 4) is 11.5 Å². The maximum atomic E-state index is 13.2. The fourth-order valence-electron chi connectivity index (χ4n) is 1.14. The van der Waals surface area contributed by atoms with Crippen LogP contribution in [0.25, 0.3) is 0 Å². The van der Waals surface area contributed by atoms with Crippen LogP contribution in [0.3, 0.4) is 0 Å². The molecular weight excluding hydrogens is 201 g/mol. The smallest absolute Gasteiger partial charge is 0.183 e. The van der Waals surface area contributed by atoms with Gasteiger partial charge in [0.25, 0.3) is 0 Å². The predicted octanol–water partition coefficient (Wildman–Crippen LogP) is 1.07. The molecule has 0 aromatic heterocycles. The van der Waals surface area contributed by atoms with Crippen molar-refractivity contribution in [3.63, 3.8) is 0 Å². The average molecular weight is 213 g/mol. The number of rotatable bonds is 3. The van der Waals surface area contributed by atoms with E-state index in [9.17, 15) is 14.3 Å². The van der Waals surface area contributed by atoms with E-state index in [0.29, 0.717) is 0 Å². The predicted molar refractivity (Wildman–Crippen MR) is 52.6 cm³/mol. The van der Waals surface area contributed by atoms with Crippen molar-refractivity contribution in [3.05, 3.63) is 23.5 Å². The van der Waals surface area contributed by atoms with Crippen molar-refractivity contribution in [1.82, 2.24) is 0 Å². The van der Waals surface area contributed by atoms with E-state index in [0.717, 1.165) is 12.1 Å². The second-order valence-corrected chi connectivity index (χ2v) is 3.16. The van der Waals surface area contributed by atoms with Gasteiger partial charge in [-0.05, 0) is 13.0 Å². The number of hydrogen-bond acceptors (Lipinski definition) is 4. The van der Waals surface area contributed by atoms with E-state index >= 15 is 0 Å². The molecule has 1 aromatic rings. The lowest BCUT2D eigenvalue weighted by molar-refractivity contribution is 0.0964. The summed E-state index contributed by atoms with van der Waals surface area (Å²) in [6.45, 7) is 1.46. The molecule has 1 unspecified atom stereocenters. The first kappa shape index (κ1) is 11.5. The summed E-state index contributed by atoms with van der Waals surface area (Å²) in [4.78, 5) is 11.4. The van der Waals surface area contributed by atoms with Gasteiger partial charge in [0, 0.05) is 6.07 Å².